The Hall–Kier alpha value is -3.46. The van der Waals surface area contributed by atoms with Crippen molar-refractivity contribution in [1.29, 1.82) is 0 Å². The van der Waals surface area contributed by atoms with E-state index in [0.29, 0.717) is 10.6 Å². The lowest BCUT2D eigenvalue weighted by atomic mass is 10.1. The summed E-state index contributed by atoms with van der Waals surface area (Å²) in [5.74, 6) is -0.842. The molecule has 29 heavy (non-hydrogen) atoms. The van der Waals surface area contributed by atoms with E-state index in [1.807, 2.05) is 0 Å². The summed E-state index contributed by atoms with van der Waals surface area (Å²) < 4.78 is 34.5. The summed E-state index contributed by atoms with van der Waals surface area (Å²) in [5.41, 5.74) is 0.980. The van der Waals surface area contributed by atoms with Gasteiger partial charge >= 0.3 is 6.61 Å². The van der Waals surface area contributed by atoms with Crippen molar-refractivity contribution in [2.45, 2.75) is 6.61 Å². The SMILES string of the molecule is COc1ccc(NC(=O)c2cccc(NC(=O)c3cccs3)c2)cc1OC(F)F. The highest BCUT2D eigenvalue weighted by Crippen LogP contribution is 2.31. The van der Waals surface area contributed by atoms with Crippen molar-refractivity contribution in [3.05, 3.63) is 70.4 Å². The van der Waals surface area contributed by atoms with E-state index in [-0.39, 0.29) is 28.7 Å². The highest BCUT2D eigenvalue weighted by molar-refractivity contribution is 7.12. The molecule has 0 saturated carbocycles. The first kappa shape index (κ1) is 20.3. The largest absolute Gasteiger partial charge is 0.493 e. The number of thiophene rings is 1. The van der Waals surface area contributed by atoms with Crippen molar-refractivity contribution >= 4 is 34.5 Å². The molecule has 6 nitrogen and oxygen atoms in total. The quantitative estimate of drug-likeness (QED) is 0.574. The smallest absolute Gasteiger partial charge is 0.387 e. The number of benzene rings is 2. The molecule has 9 heteroatoms. The van der Waals surface area contributed by atoms with Crippen LogP contribution in [0.15, 0.2) is 60.0 Å². The highest BCUT2D eigenvalue weighted by Gasteiger charge is 2.14. The maximum Gasteiger partial charge on any atom is 0.387 e. The number of ether oxygens (including phenoxy) is 2. The predicted molar refractivity (Wildman–Crippen MR) is 106 cm³/mol. The van der Waals surface area contributed by atoms with Gasteiger partial charge in [-0.1, -0.05) is 12.1 Å². The third-order valence-electron chi connectivity index (χ3n) is 3.77. The number of alkyl halides is 2. The fraction of sp³-hybridized carbons (Fsp3) is 0.100. The third-order valence-corrected chi connectivity index (χ3v) is 4.63. The second-order valence-electron chi connectivity index (χ2n) is 5.71. The van der Waals surface area contributed by atoms with Crippen LogP contribution < -0.4 is 20.1 Å². The highest BCUT2D eigenvalue weighted by atomic mass is 32.1. The third kappa shape index (κ3) is 5.29. The Kier molecular flexibility index (Phi) is 6.40. The summed E-state index contributed by atoms with van der Waals surface area (Å²) in [4.78, 5) is 25.2. The molecule has 1 heterocycles. The monoisotopic (exact) mass is 418 g/mol. The van der Waals surface area contributed by atoms with Crippen LogP contribution >= 0.6 is 11.3 Å². The first-order valence-electron chi connectivity index (χ1n) is 8.35. The topological polar surface area (TPSA) is 76.7 Å². The fourth-order valence-corrected chi connectivity index (χ4v) is 3.10. The maximum absolute atomic E-state index is 12.5. The van der Waals surface area contributed by atoms with Crippen molar-refractivity contribution in [2.24, 2.45) is 0 Å². The fourth-order valence-electron chi connectivity index (χ4n) is 2.48. The molecule has 2 amide bonds. The van der Waals surface area contributed by atoms with E-state index in [2.05, 4.69) is 15.4 Å². The van der Waals surface area contributed by atoms with Gasteiger partial charge in [0.15, 0.2) is 11.5 Å². The number of hydrogen-bond donors (Lipinski definition) is 2. The van der Waals surface area contributed by atoms with E-state index in [4.69, 9.17) is 4.74 Å². The molecule has 0 spiro atoms. The number of methoxy groups -OCH3 is 1. The van der Waals surface area contributed by atoms with Crippen molar-refractivity contribution in [3.63, 3.8) is 0 Å². The Labute approximate surface area is 169 Å². The molecule has 0 bridgehead atoms. The predicted octanol–water partition coefficient (Wildman–Crippen LogP) is 4.86. The number of halogens is 2. The molecule has 2 N–H and O–H groups in total. The van der Waals surface area contributed by atoms with Crippen LogP contribution in [0.2, 0.25) is 0 Å². The molecule has 0 atom stereocenters. The summed E-state index contributed by atoms with van der Waals surface area (Å²) in [6.45, 7) is -3.03. The van der Waals surface area contributed by atoms with E-state index >= 15 is 0 Å². The minimum Gasteiger partial charge on any atom is -0.493 e. The summed E-state index contributed by atoms with van der Waals surface area (Å²) in [6, 6.07) is 14.0. The molecule has 0 aliphatic rings. The number of rotatable bonds is 7. The molecule has 3 rings (SSSR count). The number of anilines is 2. The van der Waals surface area contributed by atoms with Gasteiger partial charge in [-0.25, -0.2) is 0 Å². The molecule has 3 aromatic rings. The Morgan fingerprint density at radius 2 is 1.69 bits per heavy atom. The lowest BCUT2D eigenvalue weighted by Crippen LogP contribution is -2.14. The Bertz CT molecular complexity index is 1010. The first-order chi connectivity index (χ1) is 14.0. The molecule has 0 aliphatic carbocycles. The van der Waals surface area contributed by atoms with Crippen LogP contribution in [0.3, 0.4) is 0 Å². The van der Waals surface area contributed by atoms with Crippen molar-refractivity contribution in [2.75, 3.05) is 17.7 Å². The molecule has 0 aliphatic heterocycles. The summed E-state index contributed by atoms with van der Waals surface area (Å²) in [5, 5.41) is 7.11. The molecule has 2 aromatic carbocycles. The van der Waals surface area contributed by atoms with Crippen molar-refractivity contribution in [3.8, 4) is 11.5 Å². The second-order valence-corrected chi connectivity index (χ2v) is 6.66. The van der Waals surface area contributed by atoms with E-state index < -0.39 is 12.5 Å². The standard InChI is InChI=1S/C20H16F2N2O4S/c1-27-15-8-7-14(11-16(15)28-20(21)22)23-18(25)12-4-2-5-13(10-12)24-19(26)17-6-3-9-29-17/h2-11,20H,1H3,(H,23,25)(H,24,26). The molecule has 1 aromatic heterocycles. The molecule has 0 unspecified atom stereocenters. The minimum absolute atomic E-state index is 0.113. The van der Waals surface area contributed by atoms with Crippen LogP contribution in [-0.2, 0) is 0 Å². The van der Waals surface area contributed by atoms with Gasteiger partial charge in [-0.05, 0) is 41.8 Å². The Morgan fingerprint density at radius 3 is 2.38 bits per heavy atom. The van der Waals surface area contributed by atoms with Crippen LogP contribution in [0.4, 0.5) is 20.2 Å². The summed E-state index contributed by atoms with van der Waals surface area (Å²) in [6.07, 6.45) is 0. The Morgan fingerprint density at radius 1 is 0.931 bits per heavy atom. The summed E-state index contributed by atoms with van der Waals surface area (Å²) >= 11 is 1.30. The van der Waals surface area contributed by atoms with Gasteiger partial charge in [0.1, 0.15) is 0 Å². The van der Waals surface area contributed by atoms with Gasteiger partial charge in [-0.2, -0.15) is 8.78 Å². The van der Waals surface area contributed by atoms with Gasteiger partial charge in [0.2, 0.25) is 0 Å². The molecule has 0 saturated heterocycles. The van der Waals surface area contributed by atoms with E-state index in [1.54, 1.807) is 35.7 Å². The zero-order chi connectivity index (χ0) is 20.8. The van der Waals surface area contributed by atoms with Gasteiger partial charge in [-0.3, -0.25) is 9.59 Å². The number of carbonyl (C=O) groups is 2. The van der Waals surface area contributed by atoms with Gasteiger partial charge in [0, 0.05) is 23.0 Å². The van der Waals surface area contributed by atoms with Crippen molar-refractivity contribution in [1.82, 2.24) is 0 Å². The number of amides is 2. The number of carbonyl (C=O) groups excluding carboxylic acids is 2. The van der Waals surface area contributed by atoms with Gasteiger partial charge in [0.05, 0.1) is 12.0 Å². The van der Waals surface area contributed by atoms with Crippen LogP contribution in [0.25, 0.3) is 0 Å². The van der Waals surface area contributed by atoms with Crippen LogP contribution in [0, 0.1) is 0 Å². The second kappa shape index (κ2) is 9.16. The van der Waals surface area contributed by atoms with Crippen molar-refractivity contribution < 1.29 is 27.8 Å². The van der Waals surface area contributed by atoms with Crippen LogP contribution in [0.1, 0.15) is 20.0 Å². The lowest BCUT2D eigenvalue weighted by Gasteiger charge is -2.12. The van der Waals surface area contributed by atoms with Gasteiger partial charge in [0.25, 0.3) is 11.8 Å². The zero-order valence-corrected chi connectivity index (χ0v) is 16.0. The van der Waals surface area contributed by atoms with Crippen LogP contribution in [-0.4, -0.2) is 25.5 Å². The van der Waals surface area contributed by atoms with E-state index in [1.165, 1.54) is 42.7 Å². The van der Waals surface area contributed by atoms with Crippen LogP contribution in [0.5, 0.6) is 11.5 Å². The van der Waals surface area contributed by atoms with Gasteiger partial charge < -0.3 is 20.1 Å². The number of nitrogens with one attached hydrogen (secondary N) is 2. The number of hydrogen-bond acceptors (Lipinski definition) is 5. The average molecular weight is 418 g/mol. The molecule has 0 radical (unpaired) electrons. The molecular formula is C20H16F2N2O4S. The summed E-state index contributed by atoms with van der Waals surface area (Å²) in [7, 11) is 1.32. The lowest BCUT2D eigenvalue weighted by molar-refractivity contribution is -0.0511. The van der Waals surface area contributed by atoms with E-state index in [0.717, 1.165) is 0 Å². The van der Waals surface area contributed by atoms with E-state index in [9.17, 15) is 18.4 Å². The molecular weight excluding hydrogens is 402 g/mol. The van der Waals surface area contributed by atoms with Gasteiger partial charge in [-0.15, -0.1) is 11.3 Å². The zero-order valence-electron chi connectivity index (χ0n) is 15.1. The Balaban J connectivity index is 1.73. The minimum atomic E-state index is -3.03. The maximum atomic E-state index is 12.5. The normalized spacial score (nSPS) is 10.5. The average Bonchev–Trinajstić information content (AvgIpc) is 3.23. The first-order valence-corrected chi connectivity index (χ1v) is 9.23. The molecule has 0 fully saturated rings. The molecule has 150 valence electrons.